The zero-order chi connectivity index (χ0) is 17.3. The Kier molecular flexibility index (Phi) is 4.26. The lowest BCUT2D eigenvalue weighted by atomic mass is 9.89. The minimum absolute atomic E-state index is 0.0396. The number of benzene rings is 1. The first-order valence-electron chi connectivity index (χ1n) is 8.04. The van der Waals surface area contributed by atoms with Gasteiger partial charge in [-0.05, 0) is 24.3 Å². The van der Waals surface area contributed by atoms with Gasteiger partial charge in [-0.25, -0.2) is 4.79 Å². The predicted molar refractivity (Wildman–Crippen MR) is 92.3 cm³/mol. The molecule has 3 rings (SSSR count). The SMILES string of the molecule is Cn1c(N2CCC(c3ccccc3)CC2)c(C#N)c(=O)n(C)c1=O. The minimum atomic E-state index is -0.527. The summed E-state index contributed by atoms with van der Waals surface area (Å²) in [6.07, 6.45) is 1.86. The average Bonchev–Trinajstić information content (AvgIpc) is 2.63. The number of anilines is 1. The fourth-order valence-corrected chi connectivity index (χ4v) is 3.45. The van der Waals surface area contributed by atoms with E-state index in [2.05, 4.69) is 12.1 Å². The first-order valence-corrected chi connectivity index (χ1v) is 8.04. The Labute approximate surface area is 140 Å². The van der Waals surface area contributed by atoms with Crippen LogP contribution in [0.5, 0.6) is 0 Å². The van der Waals surface area contributed by atoms with Gasteiger partial charge in [0.2, 0.25) is 0 Å². The molecule has 1 saturated heterocycles. The summed E-state index contributed by atoms with van der Waals surface area (Å²) < 4.78 is 2.39. The molecular formula is C18H20N4O2. The van der Waals surface area contributed by atoms with Crippen molar-refractivity contribution in [2.24, 2.45) is 14.1 Å². The third kappa shape index (κ3) is 2.62. The molecule has 124 valence electrons. The molecule has 1 fully saturated rings. The zero-order valence-electron chi connectivity index (χ0n) is 13.9. The molecule has 1 aliphatic rings. The molecule has 2 aromatic rings. The zero-order valence-corrected chi connectivity index (χ0v) is 13.9. The topological polar surface area (TPSA) is 71.0 Å². The van der Waals surface area contributed by atoms with Crippen LogP contribution in [0.3, 0.4) is 0 Å². The van der Waals surface area contributed by atoms with E-state index in [1.165, 1.54) is 17.2 Å². The lowest BCUT2D eigenvalue weighted by molar-refractivity contribution is 0.494. The summed E-state index contributed by atoms with van der Waals surface area (Å²) in [7, 11) is 3.01. The molecule has 0 saturated carbocycles. The van der Waals surface area contributed by atoms with Crippen molar-refractivity contribution in [1.29, 1.82) is 5.26 Å². The molecule has 6 nitrogen and oxygen atoms in total. The predicted octanol–water partition coefficient (Wildman–Crippen LogP) is 1.34. The number of piperidine rings is 1. The van der Waals surface area contributed by atoms with Gasteiger partial charge in [0.15, 0.2) is 5.56 Å². The third-order valence-electron chi connectivity index (χ3n) is 4.81. The van der Waals surface area contributed by atoms with Gasteiger partial charge in [-0.3, -0.25) is 13.9 Å². The van der Waals surface area contributed by atoms with Crippen LogP contribution in [0.1, 0.15) is 29.9 Å². The van der Waals surface area contributed by atoms with Crippen LogP contribution in [-0.4, -0.2) is 22.2 Å². The molecule has 0 aliphatic carbocycles. The quantitative estimate of drug-likeness (QED) is 0.836. The van der Waals surface area contributed by atoms with Crippen molar-refractivity contribution in [3.8, 4) is 6.07 Å². The lowest BCUT2D eigenvalue weighted by Gasteiger charge is -2.34. The molecule has 1 aromatic heterocycles. The maximum atomic E-state index is 12.2. The molecule has 0 spiro atoms. The fourth-order valence-electron chi connectivity index (χ4n) is 3.45. The molecule has 2 heterocycles. The van der Waals surface area contributed by atoms with Crippen molar-refractivity contribution in [3.63, 3.8) is 0 Å². The van der Waals surface area contributed by atoms with Gasteiger partial charge in [-0.2, -0.15) is 5.26 Å². The third-order valence-corrected chi connectivity index (χ3v) is 4.81. The summed E-state index contributed by atoms with van der Waals surface area (Å²) in [5.41, 5.74) is 0.424. The van der Waals surface area contributed by atoms with Crippen LogP contribution in [0.15, 0.2) is 39.9 Å². The Balaban J connectivity index is 1.92. The van der Waals surface area contributed by atoms with Crippen LogP contribution in [0.2, 0.25) is 0 Å². The molecule has 0 amide bonds. The maximum absolute atomic E-state index is 12.2. The Morgan fingerprint density at radius 2 is 1.67 bits per heavy atom. The molecule has 0 radical (unpaired) electrons. The Morgan fingerprint density at radius 3 is 2.25 bits per heavy atom. The second-order valence-electron chi connectivity index (χ2n) is 6.19. The number of hydrogen-bond donors (Lipinski definition) is 0. The van der Waals surface area contributed by atoms with Crippen molar-refractivity contribution < 1.29 is 0 Å². The molecule has 1 aliphatic heterocycles. The summed E-state index contributed by atoms with van der Waals surface area (Å²) in [5.74, 6) is 0.911. The van der Waals surface area contributed by atoms with E-state index in [4.69, 9.17) is 0 Å². The first kappa shape index (κ1) is 16.1. The highest BCUT2D eigenvalue weighted by Crippen LogP contribution is 2.30. The number of rotatable bonds is 2. The summed E-state index contributed by atoms with van der Waals surface area (Å²) in [5, 5.41) is 9.39. The number of aromatic nitrogens is 2. The van der Waals surface area contributed by atoms with Crippen LogP contribution < -0.4 is 16.1 Å². The highest BCUT2D eigenvalue weighted by atomic mass is 16.2. The first-order chi connectivity index (χ1) is 11.5. The Morgan fingerprint density at radius 1 is 1.04 bits per heavy atom. The molecule has 0 unspecified atom stereocenters. The normalized spacial score (nSPS) is 15.3. The number of hydrogen-bond acceptors (Lipinski definition) is 4. The Hall–Kier alpha value is -2.81. The summed E-state index contributed by atoms with van der Waals surface area (Å²) >= 11 is 0. The smallest absolute Gasteiger partial charge is 0.332 e. The van der Waals surface area contributed by atoms with Crippen molar-refractivity contribution in [3.05, 3.63) is 62.3 Å². The van der Waals surface area contributed by atoms with E-state index in [9.17, 15) is 14.9 Å². The van der Waals surface area contributed by atoms with Crippen LogP contribution >= 0.6 is 0 Å². The maximum Gasteiger partial charge on any atom is 0.332 e. The fraction of sp³-hybridized carbons (Fsp3) is 0.389. The van der Waals surface area contributed by atoms with Crippen molar-refractivity contribution in [2.45, 2.75) is 18.8 Å². The summed E-state index contributed by atoms with van der Waals surface area (Å²) in [6.45, 7) is 1.43. The average molecular weight is 324 g/mol. The molecule has 1 aromatic carbocycles. The highest BCUT2D eigenvalue weighted by Gasteiger charge is 2.26. The van der Waals surface area contributed by atoms with Gasteiger partial charge in [-0.15, -0.1) is 0 Å². The Bertz CT molecular complexity index is 898. The van der Waals surface area contributed by atoms with Gasteiger partial charge in [0, 0.05) is 27.2 Å². The van der Waals surface area contributed by atoms with Crippen LogP contribution in [0.4, 0.5) is 5.82 Å². The largest absolute Gasteiger partial charge is 0.357 e. The van der Waals surface area contributed by atoms with Crippen molar-refractivity contribution in [2.75, 3.05) is 18.0 Å². The van der Waals surface area contributed by atoms with Gasteiger partial charge in [0.1, 0.15) is 11.9 Å². The van der Waals surface area contributed by atoms with Gasteiger partial charge in [0.05, 0.1) is 0 Å². The van der Waals surface area contributed by atoms with Crippen molar-refractivity contribution >= 4 is 5.82 Å². The van der Waals surface area contributed by atoms with E-state index in [-0.39, 0.29) is 5.56 Å². The lowest BCUT2D eigenvalue weighted by Crippen LogP contribution is -2.44. The van der Waals surface area contributed by atoms with E-state index < -0.39 is 11.2 Å². The van der Waals surface area contributed by atoms with Crippen molar-refractivity contribution in [1.82, 2.24) is 9.13 Å². The molecule has 0 N–H and O–H groups in total. The molecular weight excluding hydrogens is 304 g/mol. The van der Waals surface area contributed by atoms with E-state index >= 15 is 0 Å². The molecule has 24 heavy (non-hydrogen) atoms. The second-order valence-corrected chi connectivity index (χ2v) is 6.19. The van der Waals surface area contributed by atoms with Crippen LogP contribution in [0, 0.1) is 11.3 Å². The highest BCUT2D eigenvalue weighted by molar-refractivity contribution is 5.54. The number of nitriles is 1. The minimum Gasteiger partial charge on any atom is -0.357 e. The number of nitrogens with zero attached hydrogens (tertiary/aromatic N) is 4. The summed E-state index contributed by atoms with van der Waals surface area (Å²) in [4.78, 5) is 26.4. The van der Waals surface area contributed by atoms with E-state index in [0.29, 0.717) is 24.8 Å². The van der Waals surface area contributed by atoms with Gasteiger partial charge in [-0.1, -0.05) is 30.3 Å². The molecule has 0 atom stereocenters. The van der Waals surface area contributed by atoms with Gasteiger partial charge < -0.3 is 4.90 Å². The van der Waals surface area contributed by atoms with E-state index in [1.54, 1.807) is 7.05 Å². The van der Waals surface area contributed by atoms with Crippen LogP contribution in [0.25, 0.3) is 0 Å². The molecule has 0 bridgehead atoms. The van der Waals surface area contributed by atoms with Gasteiger partial charge in [0.25, 0.3) is 5.56 Å². The van der Waals surface area contributed by atoms with E-state index in [0.717, 1.165) is 17.4 Å². The monoisotopic (exact) mass is 324 g/mol. The molecule has 6 heteroatoms. The standard InChI is InChI=1S/C18H20N4O2/c1-20-16(15(12-19)17(23)21(2)18(20)24)22-10-8-14(9-11-22)13-6-4-3-5-7-13/h3-7,14H,8-11H2,1-2H3. The summed E-state index contributed by atoms with van der Waals surface area (Å²) in [6, 6.07) is 12.3. The van der Waals surface area contributed by atoms with E-state index in [1.807, 2.05) is 29.2 Å². The second kappa shape index (κ2) is 6.36. The van der Waals surface area contributed by atoms with Crippen LogP contribution in [-0.2, 0) is 14.1 Å². The van der Waals surface area contributed by atoms with Gasteiger partial charge >= 0.3 is 5.69 Å².